The zero-order valence-corrected chi connectivity index (χ0v) is 2.92. The first-order valence-corrected chi connectivity index (χ1v) is 1.26. The normalized spacial score (nSPS) is 15.5. The molecular weight excluding hydrogens is 86.0 g/mol. The van der Waals surface area contributed by atoms with E-state index in [-0.39, 0.29) is 0 Å². The highest BCUT2D eigenvalue weighted by Crippen LogP contribution is 1.60. The number of aliphatic hydroxyl groups excluding tert-OH is 1. The van der Waals surface area contributed by atoms with Gasteiger partial charge in [-0.25, -0.2) is 0 Å². The highest BCUT2D eigenvalue weighted by molar-refractivity contribution is 4.16. The van der Waals surface area contributed by atoms with Crippen molar-refractivity contribution >= 4 is 0 Å². The lowest BCUT2D eigenvalue weighted by Gasteiger charge is -1.80. The molecule has 0 aromatic carbocycles. The van der Waals surface area contributed by atoms with Crippen LogP contribution in [-0.2, 0) is 0 Å². The van der Waals surface area contributed by atoms with Gasteiger partial charge < -0.3 is 5.11 Å². The summed E-state index contributed by atoms with van der Waals surface area (Å²) in [6.07, 6.45) is 0. The third-order valence-electron chi connectivity index (χ3n) is 0.200. The Kier molecular flexibility index (Phi) is 1.09. The molecule has 0 saturated heterocycles. The first-order valence-electron chi connectivity index (χ1n) is 2.26. The van der Waals surface area contributed by atoms with Crippen LogP contribution in [0.15, 0.2) is 0 Å². The second kappa shape index (κ2) is 2.59. The average molecular weight is 93.1 g/mol. The van der Waals surface area contributed by atoms with E-state index in [1.807, 2.05) is 0 Å². The fraction of sp³-hybridized carbons (Fsp3) is 1.00. The Balaban J connectivity index is 3.91. The number of nitrogens with zero attached hydrogens (tertiary/aromatic N) is 1. The lowest BCUT2D eigenvalue weighted by molar-refractivity contribution is -0.482. The van der Waals surface area contributed by atoms with Crippen molar-refractivity contribution in [3.8, 4) is 0 Å². The molecule has 1 N–H and O–H groups in total. The summed E-state index contributed by atoms with van der Waals surface area (Å²) in [5.74, 6) is 0. The molecule has 0 rings (SSSR count). The molecule has 4 heteroatoms. The van der Waals surface area contributed by atoms with E-state index >= 15 is 0 Å². The Labute approximate surface area is 37.4 Å². The molecule has 0 atom stereocenters. The van der Waals surface area contributed by atoms with Crippen molar-refractivity contribution in [1.29, 1.82) is 0 Å². The van der Waals surface area contributed by atoms with Crippen LogP contribution in [-0.4, -0.2) is 23.1 Å². The zero-order chi connectivity index (χ0) is 6.78. The zero-order valence-electron chi connectivity index (χ0n) is 4.92. The summed E-state index contributed by atoms with van der Waals surface area (Å²) in [6.45, 7) is -3.76. The van der Waals surface area contributed by atoms with Crippen molar-refractivity contribution in [2.24, 2.45) is 0 Å². The summed E-state index contributed by atoms with van der Waals surface area (Å²) < 4.78 is 12.7. The van der Waals surface area contributed by atoms with Crippen LogP contribution in [0.2, 0.25) is 0 Å². The maximum atomic E-state index is 9.52. The lowest BCUT2D eigenvalue weighted by Crippen LogP contribution is -2.03. The van der Waals surface area contributed by atoms with Gasteiger partial charge >= 0.3 is 0 Å². The number of rotatable bonds is 2. The fourth-order valence-electron chi connectivity index (χ4n) is 0.0577. The van der Waals surface area contributed by atoms with Gasteiger partial charge in [0.15, 0.2) is 0 Å². The standard InChI is InChI=1S/C2H5NO3/c4-2-1-3(5)6/h4H,1-2H2/i1D2. The summed E-state index contributed by atoms with van der Waals surface area (Å²) in [5.41, 5.74) is 0. The van der Waals surface area contributed by atoms with Crippen LogP contribution in [0.1, 0.15) is 2.74 Å². The maximum Gasteiger partial charge on any atom is 0.226 e. The van der Waals surface area contributed by atoms with E-state index in [9.17, 15) is 10.1 Å². The van der Waals surface area contributed by atoms with Crippen molar-refractivity contribution in [1.82, 2.24) is 0 Å². The Morgan fingerprint density at radius 3 is 2.67 bits per heavy atom. The molecular formula is C2H5NO3. The Hall–Kier alpha value is -0.640. The predicted octanol–water partition coefficient (Wildman–Crippen LogP) is -0.745. The first kappa shape index (κ1) is 2.52. The lowest BCUT2D eigenvalue weighted by atomic mass is 10.7. The first-order chi connectivity index (χ1) is 3.50. The van der Waals surface area contributed by atoms with Crippen LogP contribution in [0.3, 0.4) is 0 Å². The minimum Gasteiger partial charge on any atom is -0.390 e. The minimum absolute atomic E-state index is 1.08. The van der Waals surface area contributed by atoms with Crippen LogP contribution in [0, 0.1) is 10.1 Å². The molecule has 4 nitrogen and oxygen atoms in total. The molecule has 0 aliphatic carbocycles. The topological polar surface area (TPSA) is 63.4 Å². The molecule has 0 spiro atoms. The molecule has 0 heterocycles. The van der Waals surface area contributed by atoms with Gasteiger partial charge in [0.1, 0.15) is 9.35 Å². The van der Waals surface area contributed by atoms with Crippen LogP contribution < -0.4 is 0 Å². The molecule has 0 aliphatic heterocycles. The fourth-order valence-corrected chi connectivity index (χ4v) is 0.0577. The third kappa shape index (κ3) is 3.36. The summed E-state index contributed by atoms with van der Waals surface area (Å²) >= 11 is 0. The number of nitro groups is 1. The summed E-state index contributed by atoms with van der Waals surface area (Å²) in [4.78, 5) is 8.35. The highest BCUT2D eigenvalue weighted by Gasteiger charge is 1.87. The molecule has 6 heavy (non-hydrogen) atoms. The van der Waals surface area contributed by atoms with Gasteiger partial charge in [0, 0.05) is 4.92 Å². The largest absolute Gasteiger partial charge is 0.390 e. The van der Waals surface area contributed by atoms with E-state index in [1.54, 1.807) is 0 Å². The van der Waals surface area contributed by atoms with Crippen LogP contribution >= 0.6 is 0 Å². The average Bonchev–Trinajstić information content (AvgIpc) is 1.67. The van der Waals surface area contributed by atoms with Crippen molar-refractivity contribution in [3.63, 3.8) is 0 Å². The van der Waals surface area contributed by atoms with E-state index in [0.717, 1.165) is 0 Å². The molecule has 0 radical (unpaired) electrons. The smallest absolute Gasteiger partial charge is 0.226 e. The van der Waals surface area contributed by atoms with Gasteiger partial charge in [-0.3, -0.25) is 10.1 Å². The van der Waals surface area contributed by atoms with E-state index in [2.05, 4.69) is 0 Å². The second-order valence-corrected chi connectivity index (χ2v) is 0.573. The van der Waals surface area contributed by atoms with Crippen molar-refractivity contribution < 1.29 is 12.8 Å². The molecule has 0 aromatic heterocycles. The summed E-state index contributed by atoms with van der Waals surface area (Å²) in [5, 5.41) is 17.5. The van der Waals surface area contributed by atoms with Crippen LogP contribution in [0.25, 0.3) is 0 Å². The van der Waals surface area contributed by atoms with Gasteiger partial charge in [-0.2, -0.15) is 0 Å². The van der Waals surface area contributed by atoms with Gasteiger partial charge in [0.2, 0.25) is 6.50 Å². The van der Waals surface area contributed by atoms with Gasteiger partial charge in [-0.1, -0.05) is 0 Å². The maximum absolute atomic E-state index is 9.52. The van der Waals surface area contributed by atoms with E-state index in [0.29, 0.717) is 0 Å². The number of hydrogen-bond donors (Lipinski definition) is 1. The van der Waals surface area contributed by atoms with E-state index < -0.39 is 18.0 Å². The molecule has 0 amide bonds. The predicted molar refractivity (Wildman–Crippen MR) is 18.9 cm³/mol. The van der Waals surface area contributed by atoms with E-state index in [4.69, 9.17) is 7.85 Å². The quantitative estimate of drug-likeness (QED) is 0.361. The summed E-state index contributed by atoms with van der Waals surface area (Å²) in [7, 11) is 0. The Morgan fingerprint density at radius 2 is 2.67 bits per heavy atom. The molecule has 0 fully saturated rings. The third-order valence-corrected chi connectivity index (χ3v) is 0.200. The van der Waals surface area contributed by atoms with Gasteiger partial charge in [-0.15, -0.1) is 0 Å². The molecule has 0 saturated carbocycles. The number of aliphatic hydroxyl groups is 1. The number of hydrogen-bond acceptors (Lipinski definition) is 3. The van der Waals surface area contributed by atoms with Gasteiger partial charge in [-0.05, 0) is 0 Å². The molecule has 0 unspecified atom stereocenters. The molecule has 36 valence electrons. The Morgan fingerprint density at radius 1 is 2.17 bits per heavy atom. The van der Waals surface area contributed by atoms with E-state index in [1.165, 1.54) is 0 Å². The SMILES string of the molecule is [2H]C([2H])(CO)[N+](=O)[O-]. The van der Waals surface area contributed by atoms with Crippen molar-refractivity contribution in [3.05, 3.63) is 10.1 Å². The highest BCUT2D eigenvalue weighted by atomic mass is 16.6. The van der Waals surface area contributed by atoms with Crippen molar-refractivity contribution in [2.75, 3.05) is 13.1 Å². The van der Waals surface area contributed by atoms with Crippen LogP contribution in [0.4, 0.5) is 0 Å². The Bertz CT molecular complexity index is 103. The minimum atomic E-state index is -2.68. The molecule has 0 bridgehead atoms. The monoisotopic (exact) mass is 93.0 g/mol. The van der Waals surface area contributed by atoms with Gasteiger partial charge in [0.25, 0.3) is 0 Å². The van der Waals surface area contributed by atoms with Crippen LogP contribution in [0.5, 0.6) is 0 Å². The van der Waals surface area contributed by atoms with Gasteiger partial charge in [0.05, 0.1) is 0 Å². The molecule has 0 aliphatic rings. The summed E-state index contributed by atoms with van der Waals surface area (Å²) in [6, 6.07) is 0. The van der Waals surface area contributed by atoms with Crippen molar-refractivity contribution in [2.45, 2.75) is 0 Å². The second-order valence-electron chi connectivity index (χ2n) is 0.573. The molecule has 0 aromatic rings.